The largest absolute Gasteiger partial charge is 0.381 e. The lowest BCUT2D eigenvalue weighted by Crippen LogP contribution is -2.18. The molecule has 1 saturated carbocycles. The maximum Gasteiger partial charge on any atom is 0.151 e. The number of nitrogens with one attached hydrogen (secondary N) is 1. The number of aldehydes is 1. The predicted molar refractivity (Wildman–Crippen MR) is 125 cm³/mol. The summed E-state index contributed by atoms with van der Waals surface area (Å²) in [5, 5.41) is 0.350. The second kappa shape index (κ2) is 9.51. The third-order valence-corrected chi connectivity index (χ3v) is 8.35. The third-order valence-electron chi connectivity index (χ3n) is 6.53. The van der Waals surface area contributed by atoms with Crippen molar-refractivity contribution < 1.29 is 13.7 Å². The Kier molecular flexibility index (Phi) is 6.32. The van der Waals surface area contributed by atoms with E-state index in [-0.39, 0.29) is 5.92 Å². The summed E-state index contributed by atoms with van der Waals surface area (Å²) in [4.78, 5) is 19.9. The molecule has 5 rings (SSSR count). The van der Waals surface area contributed by atoms with Crippen LogP contribution in [0, 0.1) is 5.92 Å². The summed E-state index contributed by atoms with van der Waals surface area (Å²) in [5.41, 5.74) is 4.74. The molecule has 0 spiro atoms. The van der Waals surface area contributed by atoms with Crippen molar-refractivity contribution in [2.24, 2.45) is 5.92 Å². The van der Waals surface area contributed by atoms with Gasteiger partial charge in [0.05, 0.1) is 22.2 Å². The van der Waals surface area contributed by atoms with E-state index in [2.05, 4.69) is 34.2 Å². The number of ether oxygens (including phenoxy) is 1. The monoisotopic (exact) mass is 448 g/mol. The van der Waals surface area contributed by atoms with Gasteiger partial charge in [-0.2, -0.15) is 0 Å². The first-order chi connectivity index (χ1) is 15.7. The van der Waals surface area contributed by atoms with Crippen LogP contribution in [0.2, 0.25) is 0 Å². The van der Waals surface area contributed by atoms with E-state index >= 15 is 0 Å². The minimum atomic E-state index is -0.877. The highest BCUT2D eigenvalue weighted by molar-refractivity contribution is 7.86. The van der Waals surface area contributed by atoms with Gasteiger partial charge in [0.25, 0.3) is 0 Å². The van der Waals surface area contributed by atoms with Crippen molar-refractivity contribution in [3.63, 3.8) is 0 Å². The number of aromatic nitrogens is 2. The molecule has 2 aromatic heterocycles. The number of pyridine rings is 1. The zero-order valence-electron chi connectivity index (χ0n) is 18.0. The van der Waals surface area contributed by atoms with E-state index < -0.39 is 10.8 Å². The predicted octanol–water partition coefficient (Wildman–Crippen LogP) is 5.11. The van der Waals surface area contributed by atoms with Crippen LogP contribution in [0.25, 0.3) is 11.4 Å². The molecule has 1 aromatic carbocycles. The molecule has 2 aliphatic rings. The van der Waals surface area contributed by atoms with Crippen LogP contribution in [-0.4, -0.2) is 38.9 Å². The number of carbonyl (C=O) groups is 1. The van der Waals surface area contributed by atoms with Crippen molar-refractivity contribution in [1.29, 1.82) is 0 Å². The summed E-state index contributed by atoms with van der Waals surface area (Å²) < 4.78 is 18.1. The van der Waals surface area contributed by atoms with E-state index in [0.717, 1.165) is 73.6 Å². The van der Waals surface area contributed by atoms with Crippen molar-refractivity contribution in [2.75, 3.05) is 13.2 Å². The third kappa shape index (κ3) is 4.76. The molecule has 2 atom stereocenters. The molecular formula is C26H28N2O3S. The number of hydrogen-bond acceptors (Lipinski definition) is 4. The molecule has 5 nitrogen and oxygen atoms in total. The van der Waals surface area contributed by atoms with Gasteiger partial charge in [0.15, 0.2) is 6.29 Å². The minimum Gasteiger partial charge on any atom is -0.381 e. The first-order valence-electron chi connectivity index (χ1n) is 11.4. The normalized spacial score (nSPS) is 18.9. The number of hydrogen-bond donors (Lipinski definition) is 1. The van der Waals surface area contributed by atoms with E-state index in [4.69, 9.17) is 4.74 Å². The summed E-state index contributed by atoms with van der Waals surface area (Å²) in [6.07, 6.45) is 7.78. The van der Waals surface area contributed by atoms with Gasteiger partial charge in [-0.3, -0.25) is 14.0 Å². The molecule has 2 fully saturated rings. The summed E-state index contributed by atoms with van der Waals surface area (Å²) in [7, 11) is -0.877. The van der Waals surface area contributed by atoms with Crippen LogP contribution in [-0.2, 0) is 15.5 Å². The lowest BCUT2D eigenvalue weighted by Gasteiger charge is -2.27. The smallest absolute Gasteiger partial charge is 0.151 e. The maximum atomic E-state index is 12.5. The Hall–Kier alpha value is -2.57. The molecule has 3 aromatic rings. The summed E-state index contributed by atoms with van der Waals surface area (Å²) in [6.45, 7) is 1.67. The number of carbonyl (C=O) groups excluding carboxylic acids is 1. The molecular weight excluding hydrogens is 420 g/mol. The van der Waals surface area contributed by atoms with Crippen LogP contribution in [0.1, 0.15) is 59.6 Å². The molecule has 3 heterocycles. The quantitative estimate of drug-likeness (QED) is 0.486. The van der Waals surface area contributed by atoms with Gasteiger partial charge in [0.1, 0.15) is 0 Å². The molecule has 1 aliphatic carbocycles. The van der Waals surface area contributed by atoms with Crippen molar-refractivity contribution in [1.82, 2.24) is 9.97 Å². The Morgan fingerprint density at radius 3 is 2.47 bits per heavy atom. The van der Waals surface area contributed by atoms with Gasteiger partial charge >= 0.3 is 0 Å². The van der Waals surface area contributed by atoms with E-state index in [1.165, 1.54) is 5.56 Å². The molecule has 0 amide bonds. The van der Waals surface area contributed by atoms with Crippen LogP contribution in [0.5, 0.6) is 0 Å². The summed E-state index contributed by atoms with van der Waals surface area (Å²) in [5.74, 6) is 0.843. The zero-order chi connectivity index (χ0) is 21.9. The van der Waals surface area contributed by atoms with Crippen molar-refractivity contribution in [3.05, 3.63) is 71.5 Å². The first-order valence-corrected chi connectivity index (χ1v) is 12.6. The molecule has 32 heavy (non-hydrogen) atoms. The van der Waals surface area contributed by atoms with E-state index in [1.807, 2.05) is 18.2 Å². The number of benzene rings is 1. The Labute approximate surface area is 191 Å². The lowest BCUT2D eigenvalue weighted by atomic mass is 9.83. The highest BCUT2D eigenvalue weighted by atomic mass is 32.2. The molecule has 2 unspecified atom stereocenters. The minimum absolute atomic E-state index is 0.226. The highest BCUT2D eigenvalue weighted by Gasteiger charge is 2.29. The highest BCUT2D eigenvalue weighted by Crippen LogP contribution is 2.36. The SMILES string of the molecule is O=Cc1ccc(-c2ccc(C(CC3CCOCC3)c3ccc(S(=O)C4CC4)cc3)[nH]2)nc1. The van der Waals surface area contributed by atoms with Crippen LogP contribution in [0.4, 0.5) is 0 Å². The number of aromatic amines is 1. The second-order valence-electron chi connectivity index (χ2n) is 8.83. The Balaban J connectivity index is 1.42. The van der Waals surface area contributed by atoms with Gasteiger partial charge in [-0.1, -0.05) is 12.1 Å². The van der Waals surface area contributed by atoms with Crippen LogP contribution < -0.4 is 0 Å². The van der Waals surface area contributed by atoms with Gasteiger partial charge in [-0.15, -0.1) is 0 Å². The maximum absolute atomic E-state index is 12.5. The van der Waals surface area contributed by atoms with Gasteiger partial charge in [-0.25, -0.2) is 0 Å². The molecule has 6 heteroatoms. The van der Waals surface area contributed by atoms with Crippen molar-refractivity contribution in [3.8, 4) is 11.4 Å². The second-order valence-corrected chi connectivity index (χ2v) is 10.6. The van der Waals surface area contributed by atoms with Gasteiger partial charge in [-0.05, 0) is 80.0 Å². The first kappa shape index (κ1) is 21.3. The summed E-state index contributed by atoms with van der Waals surface area (Å²) in [6, 6.07) is 16.3. The molecule has 1 saturated heterocycles. The van der Waals surface area contributed by atoms with Crippen molar-refractivity contribution in [2.45, 2.75) is 48.2 Å². The Morgan fingerprint density at radius 1 is 1.03 bits per heavy atom. The Bertz CT molecular complexity index is 1080. The Morgan fingerprint density at radius 2 is 1.81 bits per heavy atom. The molecule has 1 N–H and O–H groups in total. The fourth-order valence-electron chi connectivity index (χ4n) is 4.47. The summed E-state index contributed by atoms with van der Waals surface area (Å²) >= 11 is 0. The van der Waals surface area contributed by atoms with E-state index in [0.29, 0.717) is 16.7 Å². The molecule has 1 aliphatic heterocycles. The molecule has 0 radical (unpaired) electrons. The van der Waals surface area contributed by atoms with E-state index in [9.17, 15) is 9.00 Å². The fraction of sp³-hybridized carbons (Fsp3) is 0.385. The zero-order valence-corrected chi connectivity index (χ0v) is 18.9. The topological polar surface area (TPSA) is 72.1 Å². The molecule has 166 valence electrons. The molecule has 0 bridgehead atoms. The lowest BCUT2D eigenvalue weighted by molar-refractivity contribution is 0.0626. The van der Waals surface area contributed by atoms with Crippen molar-refractivity contribution >= 4 is 17.1 Å². The van der Waals surface area contributed by atoms with Gasteiger partial charge in [0.2, 0.25) is 0 Å². The fourth-order valence-corrected chi connectivity index (χ4v) is 5.82. The van der Waals surface area contributed by atoms with Crippen LogP contribution in [0.3, 0.4) is 0 Å². The standard InChI is InChI=1S/C26H28N2O3S/c29-17-19-1-8-25(27-16-19)26-10-9-24(28-26)23(15-18-11-13-31-14-12-18)20-2-4-21(5-3-20)32(30)22-6-7-22/h1-5,8-10,16-18,22-23,28H,6-7,11-15H2. The average molecular weight is 449 g/mol. The van der Waals surface area contributed by atoms with Gasteiger partial charge in [0, 0.05) is 46.7 Å². The van der Waals surface area contributed by atoms with Gasteiger partial charge < -0.3 is 9.72 Å². The van der Waals surface area contributed by atoms with E-state index in [1.54, 1.807) is 12.3 Å². The number of H-pyrrole nitrogens is 1. The van der Waals surface area contributed by atoms with Crippen LogP contribution in [0.15, 0.2) is 59.6 Å². The number of rotatable bonds is 8. The average Bonchev–Trinajstić information content (AvgIpc) is 3.60. The van der Waals surface area contributed by atoms with Crippen LogP contribution >= 0.6 is 0 Å². The number of nitrogens with zero attached hydrogens (tertiary/aromatic N) is 1.